The molecule has 0 bridgehead atoms. The highest BCUT2D eigenvalue weighted by atomic mass is 16.1. The minimum Gasteiger partial charge on any atom is -0.344 e. The summed E-state index contributed by atoms with van der Waals surface area (Å²) in [4.78, 5) is 16.1. The number of amides is 1. The van der Waals surface area contributed by atoms with E-state index in [0.29, 0.717) is 5.56 Å². The summed E-state index contributed by atoms with van der Waals surface area (Å²) >= 11 is 0. The van der Waals surface area contributed by atoms with Crippen molar-refractivity contribution in [1.29, 1.82) is 0 Å². The van der Waals surface area contributed by atoms with Crippen LogP contribution in [0.15, 0.2) is 54.7 Å². The second-order valence-electron chi connectivity index (χ2n) is 3.82. The number of carbonyl (C=O) groups is 1. The first kappa shape index (κ1) is 11.3. The van der Waals surface area contributed by atoms with E-state index in [1.807, 2.05) is 43.3 Å². The molecule has 0 spiro atoms. The summed E-state index contributed by atoms with van der Waals surface area (Å²) in [5.74, 6) is -0.0799. The minimum absolute atomic E-state index is 0.0799. The fourth-order valence-electron chi connectivity index (χ4n) is 1.58. The van der Waals surface area contributed by atoms with Crippen LogP contribution in [0, 0.1) is 0 Å². The van der Waals surface area contributed by atoms with Crippen LogP contribution in [0.2, 0.25) is 0 Å². The zero-order valence-electron chi connectivity index (χ0n) is 9.63. The maximum Gasteiger partial charge on any atom is 0.251 e. The minimum atomic E-state index is -0.0936. The van der Waals surface area contributed by atoms with Crippen molar-refractivity contribution in [3.63, 3.8) is 0 Å². The molecule has 2 aromatic rings. The highest BCUT2D eigenvalue weighted by Crippen LogP contribution is 2.09. The molecule has 0 aliphatic heterocycles. The Morgan fingerprint density at radius 1 is 1.12 bits per heavy atom. The Labute approximate surface area is 101 Å². The molecule has 3 heteroatoms. The molecular formula is C14H14N2O. The molecule has 1 atom stereocenters. The Kier molecular flexibility index (Phi) is 3.50. The van der Waals surface area contributed by atoms with E-state index in [1.165, 1.54) is 0 Å². The summed E-state index contributed by atoms with van der Waals surface area (Å²) in [5, 5.41) is 2.91. The van der Waals surface area contributed by atoms with Crippen molar-refractivity contribution >= 4 is 5.91 Å². The molecule has 3 nitrogen and oxygen atoms in total. The van der Waals surface area contributed by atoms with Gasteiger partial charge < -0.3 is 5.32 Å². The van der Waals surface area contributed by atoms with Crippen LogP contribution in [0.4, 0.5) is 0 Å². The number of aromatic nitrogens is 1. The van der Waals surface area contributed by atoms with E-state index in [9.17, 15) is 4.79 Å². The lowest BCUT2D eigenvalue weighted by Gasteiger charge is -2.13. The number of hydrogen-bond donors (Lipinski definition) is 1. The van der Waals surface area contributed by atoms with Gasteiger partial charge in [0, 0.05) is 11.8 Å². The van der Waals surface area contributed by atoms with Gasteiger partial charge in [0.15, 0.2) is 0 Å². The maximum absolute atomic E-state index is 11.9. The van der Waals surface area contributed by atoms with Crippen LogP contribution in [0.5, 0.6) is 0 Å². The number of benzene rings is 1. The smallest absolute Gasteiger partial charge is 0.251 e. The molecule has 17 heavy (non-hydrogen) atoms. The average molecular weight is 226 g/mol. The lowest BCUT2D eigenvalue weighted by molar-refractivity contribution is 0.0939. The number of rotatable bonds is 3. The van der Waals surface area contributed by atoms with Crippen LogP contribution >= 0.6 is 0 Å². The number of nitrogens with zero attached hydrogens (tertiary/aromatic N) is 1. The molecule has 0 unspecified atom stereocenters. The van der Waals surface area contributed by atoms with Crippen molar-refractivity contribution in [2.24, 2.45) is 0 Å². The first-order chi connectivity index (χ1) is 8.27. The molecule has 1 aromatic carbocycles. The number of nitrogens with one attached hydrogen (secondary N) is 1. The van der Waals surface area contributed by atoms with Crippen LogP contribution in [0.3, 0.4) is 0 Å². The second kappa shape index (κ2) is 5.25. The molecule has 0 saturated carbocycles. The summed E-state index contributed by atoms with van der Waals surface area (Å²) in [5.41, 5.74) is 1.52. The Morgan fingerprint density at radius 3 is 2.47 bits per heavy atom. The third-order valence-electron chi connectivity index (χ3n) is 2.51. The van der Waals surface area contributed by atoms with Crippen molar-refractivity contribution < 1.29 is 4.79 Å². The molecule has 0 radical (unpaired) electrons. The third-order valence-corrected chi connectivity index (χ3v) is 2.51. The van der Waals surface area contributed by atoms with Gasteiger partial charge >= 0.3 is 0 Å². The van der Waals surface area contributed by atoms with E-state index >= 15 is 0 Å². The van der Waals surface area contributed by atoms with E-state index in [1.54, 1.807) is 18.3 Å². The van der Waals surface area contributed by atoms with Gasteiger partial charge in [-0.1, -0.05) is 24.3 Å². The summed E-state index contributed by atoms with van der Waals surface area (Å²) in [7, 11) is 0. The predicted octanol–water partition coefficient (Wildman–Crippen LogP) is 2.57. The van der Waals surface area contributed by atoms with Crippen molar-refractivity contribution in [2.75, 3.05) is 0 Å². The van der Waals surface area contributed by atoms with Crippen LogP contribution in [0.1, 0.15) is 29.0 Å². The van der Waals surface area contributed by atoms with Gasteiger partial charge in [-0.3, -0.25) is 9.78 Å². The van der Waals surface area contributed by atoms with E-state index in [0.717, 1.165) is 5.69 Å². The molecular weight excluding hydrogens is 212 g/mol. The van der Waals surface area contributed by atoms with Gasteiger partial charge in [0.05, 0.1) is 11.7 Å². The van der Waals surface area contributed by atoms with Crippen LogP contribution in [-0.4, -0.2) is 10.9 Å². The molecule has 1 N–H and O–H groups in total. The zero-order valence-corrected chi connectivity index (χ0v) is 9.63. The molecule has 1 aromatic heterocycles. The van der Waals surface area contributed by atoms with E-state index in [4.69, 9.17) is 0 Å². The quantitative estimate of drug-likeness (QED) is 0.874. The molecule has 0 aliphatic carbocycles. The van der Waals surface area contributed by atoms with Crippen molar-refractivity contribution in [3.8, 4) is 0 Å². The number of hydrogen-bond acceptors (Lipinski definition) is 2. The number of pyridine rings is 1. The Hall–Kier alpha value is -2.16. The lowest BCUT2D eigenvalue weighted by Crippen LogP contribution is -2.27. The maximum atomic E-state index is 11.9. The second-order valence-corrected chi connectivity index (χ2v) is 3.82. The van der Waals surface area contributed by atoms with Crippen LogP contribution in [-0.2, 0) is 0 Å². The van der Waals surface area contributed by atoms with Crippen LogP contribution < -0.4 is 5.32 Å². The molecule has 0 saturated heterocycles. The molecule has 0 fully saturated rings. The summed E-state index contributed by atoms with van der Waals surface area (Å²) in [6.07, 6.45) is 1.72. The SMILES string of the molecule is C[C@H](NC(=O)c1ccccc1)c1ccccn1. The van der Waals surface area contributed by atoms with Gasteiger partial charge in [-0.05, 0) is 31.2 Å². The summed E-state index contributed by atoms with van der Waals surface area (Å²) < 4.78 is 0. The highest BCUT2D eigenvalue weighted by molar-refractivity contribution is 5.94. The van der Waals surface area contributed by atoms with E-state index < -0.39 is 0 Å². The van der Waals surface area contributed by atoms with Gasteiger partial charge in [0.1, 0.15) is 0 Å². The van der Waals surface area contributed by atoms with Crippen molar-refractivity contribution in [2.45, 2.75) is 13.0 Å². The Morgan fingerprint density at radius 2 is 1.82 bits per heavy atom. The topological polar surface area (TPSA) is 42.0 Å². The number of carbonyl (C=O) groups excluding carboxylic acids is 1. The molecule has 1 heterocycles. The summed E-state index contributed by atoms with van der Waals surface area (Å²) in [6.45, 7) is 1.92. The molecule has 0 aliphatic rings. The zero-order chi connectivity index (χ0) is 12.1. The molecule has 86 valence electrons. The molecule has 1 amide bonds. The summed E-state index contributed by atoms with van der Waals surface area (Å²) in [6, 6.07) is 14.7. The van der Waals surface area contributed by atoms with Gasteiger partial charge in [0.2, 0.25) is 0 Å². The fourth-order valence-corrected chi connectivity index (χ4v) is 1.58. The lowest BCUT2D eigenvalue weighted by atomic mass is 10.1. The van der Waals surface area contributed by atoms with Gasteiger partial charge in [0.25, 0.3) is 5.91 Å². The van der Waals surface area contributed by atoms with Gasteiger partial charge in [-0.2, -0.15) is 0 Å². The monoisotopic (exact) mass is 226 g/mol. The first-order valence-electron chi connectivity index (χ1n) is 5.54. The fraction of sp³-hybridized carbons (Fsp3) is 0.143. The molecule has 2 rings (SSSR count). The predicted molar refractivity (Wildman–Crippen MR) is 66.6 cm³/mol. The third kappa shape index (κ3) is 2.91. The highest BCUT2D eigenvalue weighted by Gasteiger charge is 2.11. The Balaban J connectivity index is 2.05. The average Bonchev–Trinajstić information content (AvgIpc) is 2.40. The van der Waals surface area contributed by atoms with Crippen LogP contribution in [0.25, 0.3) is 0 Å². The van der Waals surface area contributed by atoms with Gasteiger partial charge in [-0.15, -0.1) is 0 Å². The first-order valence-corrected chi connectivity index (χ1v) is 5.54. The largest absolute Gasteiger partial charge is 0.344 e. The van der Waals surface area contributed by atoms with E-state index in [-0.39, 0.29) is 11.9 Å². The van der Waals surface area contributed by atoms with E-state index in [2.05, 4.69) is 10.3 Å². The van der Waals surface area contributed by atoms with Gasteiger partial charge in [-0.25, -0.2) is 0 Å². The van der Waals surface area contributed by atoms with Crippen molar-refractivity contribution in [1.82, 2.24) is 10.3 Å². The Bertz CT molecular complexity index is 482. The van der Waals surface area contributed by atoms with Crippen molar-refractivity contribution in [3.05, 3.63) is 66.0 Å². The normalized spacial score (nSPS) is 11.8. The standard InChI is InChI=1S/C14H14N2O/c1-11(13-9-5-6-10-15-13)16-14(17)12-7-3-2-4-8-12/h2-11H,1H3,(H,16,17)/t11-/m0/s1.